The molecular weight excluding hydrogens is 417 g/mol. The average molecular weight is 454 g/mol. The van der Waals surface area contributed by atoms with Crippen molar-refractivity contribution in [3.63, 3.8) is 0 Å². The Morgan fingerprint density at radius 3 is 2.52 bits per heavy atom. The minimum atomic E-state index is -0.294. The van der Waals surface area contributed by atoms with Gasteiger partial charge >= 0.3 is 0 Å². The van der Waals surface area contributed by atoms with Gasteiger partial charge in [0.15, 0.2) is 0 Å². The third-order valence-corrected chi connectivity index (χ3v) is 6.50. The normalized spacial score (nSPS) is 14.2. The molecule has 3 rings (SSSR count). The summed E-state index contributed by atoms with van der Waals surface area (Å²) in [5, 5.41) is 3.00. The summed E-state index contributed by atoms with van der Waals surface area (Å²) < 4.78 is 13.1. The summed E-state index contributed by atoms with van der Waals surface area (Å²) in [6, 6.07) is 12.0. The maximum atomic E-state index is 13.1. The Morgan fingerprint density at radius 1 is 1.12 bits per heavy atom. The first-order valence-corrected chi connectivity index (χ1v) is 12.0. The predicted octanol–water partition coefficient (Wildman–Crippen LogP) is 4.86. The van der Waals surface area contributed by atoms with Crippen molar-refractivity contribution in [2.45, 2.75) is 59.7 Å². The molecule has 1 unspecified atom stereocenters. The van der Waals surface area contributed by atoms with Crippen molar-refractivity contribution < 1.29 is 14.0 Å². The number of benzene rings is 2. The fourth-order valence-corrected chi connectivity index (χ4v) is 4.25. The molecule has 0 saturated carbocycles. The van der Waals surface area contributed by atoms with Gasteiger partial charge in [0.05, 0.1) is 0 Å². The first-order valence-electron chi connectivity index (χ1n) is 12.0. The third kappa shape index (κ3) is 6.41. The highest BCUT2D eigenvalue weighted by Crippen LogP contribution is 2.25. The number of halogens is 1. The van der Waals surface area contributed by atoms with Crippen LogP contribution in [0, 0.1) is 11.7 Å². The second kappa shape index (κ2) is 11.4. The number of amides is 2. The quantitative estimate of drug-likeness (QED) is 0.495. The second-order valence-corrected chi connectivity index (χ2v) is 9.29. The van der Waals surface area contributed by atoms with Gasteiger partial charge in [0, 0.05) is 43.3 Å². The van der Waals surface area contributed by atoms with E-state index in [9.17, 15) is 14.0 Å². The summed E-state index contributed by atoms with van der Waals surface area (Å²) in [4.78, 5) is 29.8. The lowest BCUT2D eigenvalue weighted by Gasteiger charge is -2.31. The Balaban J connectivity index is 1.54. The maximum absolute atomic E-state index is 13.1. The number of carbonyl (C=O) groups excluding carboxylic acids is 2. The van der Waals surface area contributed by atoms with Crippen molar-refractivity contribution in [1.29, 1.82) is 0 Å². The molecule has 0 radical (unpaired) electrons. The molecule has 2 aromatic carbocycles. The molecule has 0 aromatic heterocycles. The largest absolute Gasteiger partial charge is 0.352 e. The molecule has 0 bridgehead atoms. The third-order valence-electron chi connectivity index (χ3n) is 6.50. The number of carbonyl (C=O) groups is 2. The lowest BCUT2D eigenvalue weighted by atomic mass is 10.0. The van der Waals surface area contributed by atoms with Crippen LogP contribution in [-0.4, -0.2) is 47.3 Å². The van der Waals surface area contributed by atoms with Crippen molar-refractivity contribution in [2.24, 2.45) is 5.92 Å². The van der Waals surface area contributed by atoms with E-state index in [-0.39, 0.29) is 17.6 Å². The molecule has 1 N–H and O–H groups in total. The first-order chi connectivity index (χ1) is 15.8. The average Bonchev–Trinajstić information content (AvgIpc) is 3.11. The molecule has 0 fully saturated rings. The van der Waals surface area contributed by atoms with Crippen LogP contribution in [0.25, 0.3) is 0 Å². The molecule has 1 aliphatic heterocycles. The maximum Gasteiger partial charge on any atom is 0.254 e. The molecular formula is C27H36FN3O2. The molecule has 178 valence electrons. The van der Waals surface area contributed by atoms with E-state index < -0.39 is 0 Å². The lowest BCUT2D eigenvalue weighted by Crippen LogP contribution is -2.39. The summed E-state index contributed by atoms with van der Waals surface area (Å²) in [5.41, 5.74) is 2.87. The van der Waals surface area contributed by atoms with Crippen molar-refractivity contribution in [3.05, 3.63) is 70.5 Å². The molecule has 6 heteroatoms. The van der Waals surface area contributed by atoms with Gasteiger partial charge in [-0.25, -0.2) is 4.39 Å². The highest BCUT2D eigenvalue weighted by Gasteiger charge is 2.28. The number of hydrogen-bond acceptors (Lipinski definition) is 3. The first kappa shape index (κ1) is 24.9. The fraction of sp³-hybridized carbons (Fsp3) is 0.481. The number of hydrogen-bond donors (Lipinski definition) is 1. The Bertz CT molecular complexity index is 958. The van der Waals surface area contributed by atoms with Crippen molar-refractivity contribution >= 4 is 11.8 Å². The second-order valence-electron chi connectivity index (χ2n) is 9.29. The van der Waals surface area contributed by atoms with E-state index in [0.29, 0.717) is 42.7 Å². The van der Waals surface area contributed by atoms with Crippen LogP contribution in [0.15, 0.2) is 42.5 Å². The predicted molar refractivity (Wildman–Crippen MR) is 130 cm³/mol. The number of nitrogens with one attached hydrogen (secondary N) is 1. The van der Waals surface area contributed by atoms with Gasteiger partial charge in [-0.2, -0.15) is 0 Å². The van der Waals surface area contributed by atoms with Gasteiger partial charge in [0.25, 0.3) is 11.8 Å². The van der Waals surface area contributed by atoms with Crippen LogP contribution in [-0.2, 0) is 13.1 Å². The van der Waals surface area contributed by atoms with Gasteiger partial charge in [-0.15, -0.1) is 0 Å². The minimum Gasteiger partial charge on any atom is -0.352 e. The van der Waals surface area contributed by atoms with Crippen LogP contribution in [0.4, 0.5) is 4.39 Å². The van der Waals surface area contributed by atoms with E-state index in [1.807, 2.05) is 6.07 Å². The van der Waals surface area contributed by atoms with E-state index in [1.54, 1.807) is 29.2 Å². The van der Waals surface area contributed by atoms with Gasteiger partial charge in [-0.05, 0) is 67.6 Å². The van der Waals surface area contributed by atoms with Crippen molar-refractivity contribution in [2.75, 3.05) is 19.6 Å². The van der Waals surface area contributed by atoms with Crippen molar-refractivity contribution in [1.82, 2.24) is 15.1 Å². The van der Waals surface area contributed by atoms with E-state index in [4.69, 9.17) is 0 Å². The minimum absolute atomic E-state index is 0.0955. The summed E-state index contributed by atoms with van der Waals surface area (Å²) in [5.74, 6) is 0.0547. The number of fused-ring (bicyclic) bond motifs is 1. The number of nitrogens with zero attached hydrogens (tertiary/aromatic N) is 2. The van der Waals surface area contributed by atoms with E-state index in [0.717, 1.165) is 37.1 Å². The van der Waals surface area contributed by atoms with Gasteiger partial charge in [0.1, 0.15) is 5.82 Å². The Hall–Kier alpha value is -2.73. The topological polar surface area (TPSA) is 52.7 Å². The summed E-state index contributed by atoms with van der Waals surface area (Å²) in [7, 11) is 0. The molecule has 0 saturated heterocycles. The van der Waals surface area contributed by atoms with Gasteiger partial charge in [-0.3, -0.25) is 9.59 Å². The van der Waals surface area contributed by atoms with Crippen molar-refractivity contribution in [3.8, 4) is 0 Å². The zero-order valence-electron chi connectivity index (χ0n) is 20.2. The van der Waals surface area contributed by atoms with E-state index in [1.165, 1.54) is 12.1 Å². The molecule has 1 atom stereocenters. The molecule has 1 aliphatic rings. The van der Waals surface area contributed by atoms with Crippen LogP contribution in [0.2, 0.25) is 0 Å². The van der Waals surface area contributed by atoms with Crippen LogP contribution in [0.5, 0.6) is 0 Å². The van der Waals surface area contributed by atoms with E-state index >= 15 is 0 Å². The molecule has 2 aromatic rings. The molecule has 1 heterocycles. The lowest BCUT2D eigenvalue weighted by molar-refractivity contribution is 0.0766. The number of rotatable bonds is 11. The zero-order chi connectivity index (χ0) is 24.0. The van der Waals surface area contributed by atoms with Crippen LogP contribution in [0.1, 0.15) is 72.4 Å². The zero-order valence-corrected chi connectivity index (χ0v) is 20.2. The van der Waals surface area contributed by atoms with Crippen LogP contribution >= 0.6 is 0 Å². The molecule has 5 nitrogen and oxygen atoms in total. The van der Waals surface area contributed by atoms with Crippen LogP contribution in [0.3, 0.4) is 0 Å². The standard InChI is InChI=1S/C27H36FN3O2/c1-5-14-30(20(4)19(2)3)15-6-13-29-26(32)22-9-10-23-18-31(27(33)25(23)16-22)17-21-7-11-24(28)12-8-21/h7-12,16,19-20H,5-6,13-15,17-18H2,1-4H3,(H,29,32). The summed E-state index contributed by atoms with van der Waals surface area (Å²) in [6.07, 6.45) is 2.00. The van der Waals surface area contributed by atoms with Gasteiger partial charge in [0.2, 0.25) is 0 Å². The monoisotopic (exact) mass is 453 g/mol. The smallest absolute Gasteiger partial charge is 0.254 e. The summed E-state index contributed by atoms with van der Waals surface area (Å²) in [6.45, 7) is 12.5. The van der Waals surface area contributed by atoms with Crippen LogP contribution < -0.4 is 5.32 Å². The molecule has 0 spiro atoms. The SMILES string of the molecule is CCCN(CCCNC(=O)c1ccc2c(c1)C(=O)N(Cc1ccc(F)cc1)C2)C(C)C(C)C. The Kier molecular flexibility index (Phi) is 8.61. The fourth-order valence-electron chi connectivity index (χ4n) is 4.25. The molecule has 2 amide bonds. The molecule has 33 heavy (non-hydrogen) atoms. The molecule has 0 aliphatic carbocycles. The van der Waals surface area contributed by atoms with E-state index in [2.05, 4.69) is 37.9 Å². The summed E-state index contributed by atoms with van der Waals surface area (Å²) >= 11 is 0. The highest BCUT2D eigenvalue weighted by atomic mass is 19.1. The Morgan fingerprint density at radius 2 is 1.85 bits per heavy atom. The highest BCUT2D eigenvalue weighted by molar-refractivity contribution is 6.02. The van der Waals surface area contributed by atoms with Gasteiger partial charge in [-0.1, -0.05) is 39.0 Å². The Labute approximate surface area is 197 Å². The van der Waals surface area contributed by atoms with Gasteiger partial charge < -0.3 is 15.1 Å².